The zero-order valence-corrected chi connectivity index (χ0v) is 13.1. The summed E-state index contributed by atoms with van der Waals surface area (Å²) in [6, 6.07) is 11.0. The van der Waals surface area contributed by atoms with Crippen LogP contribution in [0.15, 0.2) is 55.3 Å². The lowest BCUT2D eigenvalue weighted by Crippen LogP contribution is -2.23. The molecule has 0 unspecified atom stereocenters. The van der Waals surface area contributed by atoms with E-state index in [9.17, 15) is 4.79 Å². The second-order valence-electron chi connectivity index (χ2n) is 5.55. The zero-order chi connectivity index (χ0) is 16.3. The first-order chi connectivity index (χ1) is 11.1. The van der Waals surface area contributed by atoms with Crippen LogP contribution in [0.3, 0.4) is 0 Å². The van der Waals surface area contributed by atoms with E-state index in [4.69, 9.17) is 9.47 Å². The van der Waals surface area contributed by atoms with Gasteiger partial charge in [0, 0.05) is 17.3 Å². The molecule has 0 amide bonds. The van der Waals surface area contributed by atoms with Gasteiger partial charge in [-0.1, -0.05) is 24.3 Å². The molecular formula is C19H19NO3. The molecule has 0 radical (unpaired) electrons. The zero-order valence-electron chi connectivity index (χ0n) is 13.1. The van der Waals surface area contributed by atoms with Crippen LogP contribution < -0.4 is 0 Å². The van der Waals surface area contributed by atoms with Gasteiger partial charge in [-0.25, -0.2) is 0 Å². The van der Waals surface area contributed by atoms with Crippen molar-refractivity contribution < 1.29 is 14.3 Å². The largest absolute Gasteiger partial charge is 0.344 e. The Bertz CT molecular complexity index is 719. The Morgan fingerprint density at radius 2 is 2.09 bits per heavy atom. The number of aromatic nitrogens is 1. The average molecular weight is 309 g/mol. The second kappa shape index (κ2) is 6.44. The quantitative estimate of drug-likeness (QED) is 0.628. The predicted molar refractivity (Wildman–Crippen MR) is 87.3 cm³/mol. The van der Waals surface area contributed by atoms with Crippen LogP contribution in [0.25, 0.3) is 0 Å². The topological polar surface area (TPSA) is 48.4 Å². The van der Waals surface area contributed by atoms with Gasteiger partial charge in [-0.15, -0.1) is 6.58 Å². The van der Waals surface area contributed by atoms with Crippen LogP contribution in [-0.4, -0.2) is 24.0 Å². The lowest BCUT2D eigenvalue weighted by molar-refractivity contribution is -0.149. The van der Waals surface area contributed by atoms with E-state index in [1.807, 2.05) is 31.2 Å². The Morgan fingerprint density at radius 1 is 1.30 bits per heavy atom. The molecule has 1 aliphatic heterocycles. The van der Waals surface area contributed by atoms with E-state index in [0.717, 1.165) is 11.1 Å². The predicted octanol–water partition coefficient (Wildman–Crippen LogP) is 3.26. The number of ketones is 1. The number of carbonyl (C=O) groups excluding carboxylic acids is 1. The third-order valence-electron chi connectivity index (χ3n) is 3.98. The molecule has 0 bridgehead atoms. The number of benzene rings is 1. The Morgan fingerprint density at radius 3 is 2.74 bits per heavy atom. The molecule has 1 aliphatic rings. The van der Waals surface area contributed by atoms with Gasteiger partial charge >= 0.3 is 0 Å². The molecule has 118 valence electrons. The Labute approximate surface area is 135 Å². The van der Waals surface area contributed by atoms with Crippen molar-refractivity contribution in [1.29, 1.82) is 0 Å². The van der Waals surface area contributed by atoms with Gasteiger partial charge in [0.1, 0.15) is 5.69 Å². The fourth-order valence-electron chi connectivity index (χ4n) is 2.72. The van der Waals surface area contributed by atoms with Crippen LogP contribution in [0.4, 0.5) is 0 Å². The summed E-state index contributed by atoms with van der Waals surface area (Å²) in [6.45, 7) is 6.74. The van der Waals surface area contributed by atoms with Crippen LogP contribution in [0, 0.1) is 0 Å². The van der Waals surface area contributed by atoms with Crippen LogP contribution in [0.5, 0.6) is 0 Å². The van der Waals surface area contributed by atoms with E-state index < -0.39 is 5.79 Å². The first-order valence-electron chi connectivity index (χ1n) is 7.62. The molecule has 2 aromatic rings. The molecule has 1 aromatic carbocycles. The standard InChI is InChI=1S/C19H19NO3/c1-3-6-14-8-9-15(19(2)22-11-12-23-19)13-16(14)18(21)17-7-4-5-10-20-17/h3-5,7-10,13H,1,6,11-12H2,2H3. The lowest BCUT2D eigenvalue weighted by atomic mass is 9.94. The van der Waals surface area contributed by atoms with E-state index >= 15 is 0 Å². The molecule has 1 fully saturated rings. The SMILES string of the molecule is C=CCc1ccc(C2(C)OCCO2)cc1C(=O)c1ccccn1. The van der Waals surface area contributed by atoms with Gasteiger partial charge < -0.3 is 9.47 Å². The molecular weight excluding hydrogens is 290 g/mol. The molecule has 1 saturated heterocycles. The molecule has 23 heavy (non-hydrogen) atoms. The van der Waals surface area contributed by atoms with Crippen LogP contribution >= 0.6 is 0 Å². The molecule has 2 heterocycles. The van der Waals surface area contributed by atoms with Crippen LogP contribution in [0.2, 0.25) is 0 Å². The average Bonchev–Trinajstić information content (AvgIpc) is 3.03. The number of rotatable bonds is 5. The van der Waals surface area contributed by atoms with Crippen molar-refractivity contribution in [3.63, 3.8) is 0 Å². The molecule has 4 nitrogen and oxygen atoms in total. The van der Waals surface area contributed by atoms with Crippen molar-refractivity contribution in [2.75, 3.05) is 13.2 Å². The first kappa shape index (κ1) is 15.6. The van der Waals surface area contributed by atoms with Crippen LogP contribution in [-0.2, 0) is 21.7 Å². The van der Waals surface area contributed by atoms with Crippen molar-refractivity contribution >= 4 is 5.78 Å². The molecule has 0 N–H and O–H groups in total. The second-order valence-corrected chi connectivity index (χ2v) is 5.55. The minimum Gasteiger partial charge on any atom is -0.344 e. The van der Waals surface area contributed by atoms with Gasteiger partial charge in [-0.2, -0.15) is 0 Å². The van der Waals surface area contributed by atoms with E-state index in [2.05, 4.69) is 11.6 Å². The van der Waals surface area contributed by atoms with E-state index in [-0.39, 0.29) is 5.78 Å². The monoisotopic (exact) mass is 309 g/mol. The molecule has 1 aromatic heterocycles. The van der Waals surface area contributed by atoms with Crippen molar-refractivity contribution in [2.45, 2.75) is 19.1 Å². The first-order valence-corrected chi connectivity index (χ1v) is 7.62. The fourth-order valence-corrected chi connectivity index (χ4v) is 2.72. The fraction of sp³-hybridized carbons (Fsp3) is 0.263. The number of ether oxygens (including phenoxy) is 2. The van der Waals surface area contributed by atoms with Gasteiger partial charge in [-0.05, 0) is 37.1 Å². The summed E-state index contributed by atoms with van der Waals surface area (Å²) in [5.41, 5.74) is 2.79. The summed E-state index contributed by atoms with van der Waals surface area (Å²) in [4.78, 5) is 17.0. The Balaban J connectivity index is 2.05. The lowest BCUT2D eigenvalue weighted by Gasteiger charge is -2.24. The summed E-state index contributed by atoms with van der Waals surface area (Å²) in [7, 11) is 0. The van der Waals surface area contributed by atoms with Crippen molar-refractivity contribution in [1.82, 2.24) is 4.98 Å². The molecule has 3 rings (SSSR count). The summed E-state index contributed by atoms with van der Waals surface area (Å²) < 4.78 is 11.4. The number of hydrogen-bond acceptors (Lipinski definition) is 4. The number of carbonyl (C=O) groups is 1. The molecule has 4 heteroatoms. The third kappa shape index (κ3) is 3.09. The third-order valence-corrected chi connectivity index (χ3v) is 3.98. The Kier molecular flexibility index (Phi) is 4.37. The maximum atomic E-state index is 12.8. The van der Waals surface area contributed by atoms with E-state index in [0.29, 0.717) is 30.9 Å². The highest BCUT2D eigenvalue weighted by Gasteiger charge is 2.34. The number of nitrogens with zero attached hydrogens (tertiary/aromatic N) is 1. The maximum Gasteiger partial charge on any atom is 0.211 e. The highest BCUT2D eigenvalue weighted by molar-refractivity contribution is 6.08. The molecule has 0 spiro atoms. The summed E-state index contributed by atoms with van der Waals surface area (Å²) in [5, 5.41) is 0. The van der Waals surface area contributed by atoms with Crippen molar-refractivity contribution in [2.24, 2.45) is 0 Å². The normalized spacial score (nSPS) is 16.2. The van der Waals surface area contributed by atoms with Gasteiger partial charge in [0.05, 0.1) is 13.2 Å². The van der Waals surface area contributed by atoms with Crippen molar-refractivity contribution in [3.05, 3.63) is 77.6 Å². The minimum absolute atomic E-state index is 0.106. The number of allylic oxidation sites excluding steroid dienone is 1. The van der Waals surface area contributed by atoms with Gasteiger partial charge in [0.15, 0.2) is 5.79 Å². The van der Waals surface area contributed by atoms with Gasteiger partial charge in [-0.3, -0.25) is 9.78 Å². The molecule has 0 saturated carbocycles. The van der Waals surface area contributed by atoms with Gasteiger partial charge in [0.25, 0.3) is 0 Å². The molecule has 0 atom stereocenters. The Hall–Kier alpha value is -2.30. The summed E-state index contributed by atoms with van der Waals surface area (Å²) >= 11 is 0. The number of hydrogen-bond donors (Lipinski definition) is 0. The summed E-state index contributed by atoms with van der Waals surface area (Å²) in [5.74, 6) is -0.905. The number of pyridine rings is 1. The minimum atomic E-state index is -0.800. The van der Waals surface area contributed by atoms with Gasteiger partial charge in [0.2, 0.25) is 5.78 Å². The van der Waals surface area contributed by atoms with E-state index in [1.165, 1.54) is 0 Å². The van der Waals surface area contributed by atoms with E-state index in [1.54, 1.807) is 24.4 Å². The summed E-state index contributed by atoms with van der Waals surface area (Å²) in [6.07, 6.45) is 4.02. The maximum absolute atomic E-state index is 12.8. The molecule has 0 aliphatic carbocycles. The smallest absolute Gasteiger partial charge is 0.211 e. The highest BCUT2D eigenvalue weighted by Crippen LogP contribution is 2.32. The van der Waals surface area contributed by atoms with Crippen molar-refractivity contribution in [3.8, 4) is 0 Å². The van der Waals surface area contributed by atoms with Crippen LogP contribution in [0.1, 0.15) is 34.1 Å². The highest BCUT2D eigenvalue weighted by atomic mass is 16.7.